The first-order valence-corrected chi connectivity index (χ1v) is 7.14. The fraction of sp³-hybridized carbons (Fsp3) is 0.438. The van der Waals surface area contributed by atoms with E-state index in [4.69, 9.17) is 10.6 Å². The van der Waals surface area contributed by atoms with Crippen molar-refractivity contribution in [3.05, 3.63) is 41.6 Å². The Morgan fingerprint density at radius 2 is 2.20 bits per heavy atom. The lowest BCUT2D eigenvalue weighted by Gasteiger charge is -2.25. The van der Waals surface area contributed by atoms with E-state index in [1.807, 2.05) is 13.0 Å². The largest absolute Gasteiger partial charge is 0.378 e. The van der Waals surface area contributed by atoms with E-state index in [1.165, 1.54) is 5.56 Å². The number of aromatic nitrogens is 1. The molecule has 106 valence electrons. The van der Waals surface area contributed by atoms with Crippen molar-refractivity contribution < 1.29 is 4.74 Å². The monoisotopic (exact) mass is 271 g/mol. The number of ether oxygens (including phenoxy) is 1. The topological polar surface area (TPSA) is 60.2 Å². The maximum absolute atomic E-state index is 5.79. The van der Waals surface area contributed by atoms with Crippen molar-refractivity contribution in [2.45, 2.75) is 32.4 Å². The van der Waals surface area contributed by atoms with Crippen molar-refractivity contribution in [2.24, 2.45) is 11.8 Å². The Labute approximate surface area is 119 Å². The molecule has 0 bridgehead atoms. The van der Waals surface area contributed by atoms with Gasteiger partial charge in [0, 0.05) is 23.6 Å². The molecule has 2 heterocycles. The van der Waals surface area contributed by atoms with Crippen molar-refractivity contribution in [1.29, 1.82) is 0 Å². The zero-order valence-corrected chi connectivity index (χ0v) is 12.0. The van der Waals surface area contributed by atoms with E-state index in [1.54, 1.807) is 0 Å². The van der Waals surface area contributed by atoms with Crippen LogP contribution in [0.4, 0.5) is 0 Å². The summed E-state index contributed by atoms with van der Waals surface area (Å²) in [5.74, 6) is 6.21. The van der Waals surface area contributed by atoms with Gasteiger partial charge in [-0.2, -0.15) is 0 Å². The third-order valence-corrected chi connectivity index (χ3v) is 4.25. The molecule has 1 fully saturated rings. The van der Waals surface area contributed by atoms with Gasteiger partial charge in [0.15, 0.2) is 0 Å². The number of hydrazine groups is 1. The zero-order chi connectivity index (χ0) is 14.1. The van der Waals surface area contributed by atoms with Gasteiger partial charge in [-0.15, -0.1) is 0 Å². The number of aryl methyl sites for hydroxylation is 1. The molecule has 4 nitrogen and oxygen atoms in total. The van der Waals surface area contributed by atoms with E-state index in [2.05, 4.69) is 41.6 Å². The summed E-state index contributed by atoms with van der Waals surface area (Å²) in [7, 11) is 0. The number of nitrogens with two attached hydrogens (primary N) is 1. The van der Waals surface area contributed by atoms with Gasteiger partial charge in [0.25, 0.3) is 0 Å². The summed E-state index contributed by atoms with van der Waals surface area (Å²) in [6.45, 7) is 4.95. The third kappa shape index (κ3) is 2.42. The average Bonchev–Trinajstić information content (AvgIpc) is 2.86. The molecular weight excluding hydrogens is 250 g/mol. The summed E-state index contributed by atoms with van der Waals surface area (Å²) in [5.41, 5.74) is 6.23. The highest BCUT2D eigenvalue weighted by Crippen LogP contribution is 2.33. The molecule has 3 N–H and O–H groups in total. The number of benzene rings is 1. The number of hydrogen-bond donors (Lipinski definition) is 2. The van der Waals surface area contributed by atoms with Gasteiger partial charge in [0.2, 0.25) is 0 Å². The molecular formula is C16H21N3O. The number of nitrogens with zero attached hydrogens (tertiary/aromatic N) is 1. The number of pyridine rings is 1. The van der Waals surface area contributed by atoms with Gasteiger partial charge in [-0.1, -0.05) is 12.1 Å². The van der Waals surface area contributed by atoms with Gasteiger partial charge in [-0.05, 0) is 44.0 Å². The normalized spacial score (nSPS) is 24.1. The van der Waals surface area contributed by atoms with Crippen LogP contribution in [-0.2, 0) is 4.74 Å². The van der Waals surface area contributed by atoms with Crippen LogP contribution < -0.4 is 11.3 Å². The minimum absolute atomic E-state index is 0.123. The maximum Gasteiger partial charge on any atom is 0.0705 e. The molecule has 4 heteroatoms. The Hall–Kier alpha value is -1.49. The second-order valence-corrected chi connectivity index (χ2v) is 5.58. The van der Waals surface area contributed by atoms with Crippen LogP contribution in [0.25, 0.3) is 10.9 Å². The lowest BCUT2D eigenvalue weighted by Crippen LogP contribution is -2.36. The first kappa shape index (κ1) is 13.5. The molecule has 3 unspecified atom stereocenters. The minimum atomic E-state index is 0.123. The Kier molecular flexibility index (Phi) is 3.70. The Morgan fingerprint density at radius 3 is 2.90 bits per heavy atom. The van der Waals surface area contributed by atoms with Gasteiger partial charge in [0.05, 0.1) is 17.7 Å². The lowest BCUT2D eigenvalue weighted by atomic mass is 9.88. The Morgan fingerprint density at radius 1 is 1.35 bits per heavy atom. The fourth-order valence-corrected chi connectivity index (χ4v) is 3.09. The predicted octanol–water partition coefficient (Wildman–Crippen LogP) is 2.47. The molecule has 1 aliphatic heterocycles. The smallest absolute Gasteiger partial charge is 0.0705 e. The van der Waals surface area contributed by atoms with Gasteiger partial charge in [-0.25, -0.2) is 0 Å². The summed E-state index contributed by atoms with van der Waals surface area (Å²) < 4.78 is 5.67. The van der Waals surface area contributed by atoms with E-state index in [9.17, 15) is 0 Å². The van der Waals surface area contributed by atoms with E-state index in [-0.39, 0.29) is 12.1 Å². The molecule has 3 rings (SSSR count). The summed E-state index contributed by atoms with van der Waals surface area (Å²) in [6, 6.07) is 10.6. The molecule has 20 heavy (non-hydrogen) atoms. The Balaban J connectivity index is 1.97. The lowest BCUT2D eigenvalue weighted by molar-refractivity contribution is 0.0954. The highest BCUT2D eigenvalue weighted by Gasteiger charge is 2.32. The van der Waals surface area contributed by atoms with Crippen LogP contribution in [0.15, 0.2) is 30.3 Å². The molecule has 1 aromatic carbocycles. The second-order valence-electron chi connectivity index (χ2n) is 5.58. The fourth-order valence-electron chi connectivity index (χ4n) is 3.09. The third-order valence-electron chi connectivity index (χ3n) is 4.25. The number of rotatable bonds is 3. The van der Waals surface area contributed by atoms with Crippen molar-refractivity contribution in [3.63, 3.8) is 0 Å². The second kappa shape index (κ2) is 5.48. The van der Waals surface area contributed by atoms with E-state index >= 15 is 0 Å². The van der Waals surface area contributed by atoms with Crippen LogP contribution >= 0.6 is 0 Å². The molecule has 2 aromatic rings. The molecule has 3 atom stereocenters. The number of nitrogens with one attached hydrogen (secondary N) is 1. The Bertz CT molecular complexity index is 614. The van der Waals surface area contributed by atoms with E-state index < -0.39 is 0 Å². The minimum Gasteiger partial charge on any atom is -0.378 e. The van der Waals surface area contributed by atoms with Crippen LogP contribution in [0, 0.1) is 12.8 Å². The zero-order valence-electron chi connectivity index (χ0n) is 12.0. The first-order valence-electron chi connectivity index (χ1n) is 7.14. The van der Waals surface area contributed by atoms with Gasteiger partial charge in [0.1, 0.15) is 0 Å². The summed E-state index contributed by atoms with van der Waals surface area (Å²) in [6.07, 6.45) is 1.28. The van der Waals surface area contributed by atoms with Crippen molar-refractivity contribution in [2.75, 3.05) is 6.61 Å². The molecule has 0 spiro atoms. The van der Waals surface area contributed by atoms with E-state index in [0.717, 1.165) is 29.6 Å². The summed E-state index contributed by atoms with van der Waals surface area (Å²) >= 11 is 0. The van der Waals surface area contributed by atoms with Crippen LogP contribution in [0.1, 0.15) is 30.6 Å². The van der Waals surface area contributed by atoms with Crippen LogP contribution in [0.2, 0.25) is 0 Å². The molecule has 0 aliphatic carbocycles. The van der Waals surface area contributed by atoms with Gasteiger partial charge >= 0.3 is 0 Å². The standard InChI is InChI=1S/C16H21N3O/c1-10-3-4-12-9-13(5-6-15(12)18-10)16(19-17)14-7-8-20-11(14)2/h3-6,9,11,14,16,19H,7-8,17H2,1-2H3. The quantitative estimate of drug-likeness (QED) is 0.665. The highest BCUT2D eigenvalue weighted by molar-refractivity contribution is 5.79. The van der Waals surface area contributed by atoms with Crippen molar-refractivity contribution in [3.8, 4) is 0 Å². The maximum atomic E-state index is 5.79. The summed E-state index contributed by atoms with van der Waals surface area (Å²) in [5, 5.41) is 1.15. The van der Waals surface area contributed by atoms with Crippen molar-refractivity contribution >= 4 is 10.9 Å². The van der Waals surface area contributed by atoms with E-state index in [0.29, 0.717) is 5.92 Å². The van der Waals surface area contributed by atoms with Gasteiger partial charge < -0.3 is 4.74 Å². The van der Waals surface area contributed by atoms with Gasteiger partial charge in [-0.3, -0.25) is 16.3 Å². The summed E-state index contributed by atoms with van der Waals surface area (Å²) in [4.78, 5) is 4.54. The number of fused-ring (bicyclic) bond motifs is 1. The van der Waals surface area contributed by atoms with Crippen LogP contribution in [0.3, 0.4) is 0 Å². The molecule has 1 saturated heterocycles. The van der Waals surface area contributed by atoms with Crippen LogP contribution in [-0.4, -0.2) is 17.7 Å². The molecule has 1 aliphatic rings. The molecule has 0 saturated carbocycles. The average molecular weight is 271 g/mol. The molecule has 1 aromatic heterocycles. The molecule has 0 amide bonds. The molecule has 0 radical (unpaired) electrons. The SMILES string of the molecule is Cc1ccc2cc(C(NN)C3CCOC3C)ccc2n1. The first-order chi connectivity index (χ1) is 9.69. The van der Waals surface area contributed by atoms with Crippen molar-refractivity contribution in [1.82, 2.24) is 10.4 Å². The van der Waals surface area contributed by atoms with Crippen LogP contribution in [0.5, 0.6) is 0 Å². The highest BCUT2D eigenvalue weighted by atomic mass is 16.5. The number of hydrogen-bond acceptors (Lipinski definition) is 4. The predicted molar refractivity (Wildman–Crippen MR) is 80.1 cm³/mol.